The summed E-state index contributed by atoms with van der Waals surface area (Å²) < 4.78 is 6.79. The van der Waals surface area contributed by atoms with Gasteiger partial charge >= 0.3 is 0 Å². The fourth-order valence-electron chi connectivity index (χ4n) is 2.51. The summed E-state index contributed by atoms with van der Waals surface area (Å²) in [6.07, 6.45) is 0. The second kappa shape index (κ2) is 7.31. The van der Waals surface area contributed by atoms with E-state index < -0.39 is 0 Å². The summed E-state index contributed by atoms with van der Waals surface area (Å²) in [5.74, 6) is 0.861. The van der Waals surface area contributed by atoms with Crippen molar-refractivity contribution >= 4 is 33.9 Å². The minimum Gasteiger partial charge on any atom is -0.497 e. The minimum atomic E-state index is 0.0582. The number of hydrogen-bond acceptors (Lipinski definition) is 4. The van der Waals surface area contributed by atoms with Crippen LogP contribution in [-0.4, -0.2) is 21.9 Å². The van der Waals surface area contributed by atoms with Crippen LogP contribution in [0, 0.1) is 0 Å². The zero-order valence-corrected chi connectivity index (χ0v) is 14.7. The Hall–Kier alpha value is -2.93. The first-order valence-corrected chi connectivity index (χ1v) is 8.10. The summed E-state index contributed by atoms with van der Waals surface area (Å²) in [7, 11) is 3.41. The molecule has 0 saturated carbocycles. The van der Waals surface area contributed by atoms with Crippen LogP contribution in [0.1, 0.15) is 5.56 Å². The summed E-state index contributed by atoms with van der Waals surface area (Å²) in [4.78, 5) is 0. The Morgan fingerprint density at radius 2 is 1.92 bits per heavy atom. The Balaban J connectivity index is 1.69. The van der Waals surface area contributed by atoms with Gasteiger partial charge in [-0.2, -0.15) is 0 Å². The van der Waals surface area contributed by atoms with Gasteiger partial charge in [-0.25, -0.2) is 0 Å². The van der Waals surface area contributed by atoms with Crippen molar-refractivity contribution in [3.05, 3.63) is 54.1 Å². The molecule has 0 saturated heterocycles. The molecule has 7 heteroatoms. The van der Waals surface area contributed by atoms with E-state index in [4.69, 9.17) is 17.0 Å². The largest absolute Gasteiger partial charge is 0.497 e. The predicted molar refractivity (Wildman–Crippen MR) is 102 cm³/mol. The number of rotatable bonds is 4. The molecule has 128 valence electrons. The standard InChI is InChI=1S/C18H18N4O2S/c1-22-15-6-4-3-5-14(15)16(17(22)23)20-21-18(25)19-11-12-7-9-13(24-2)10-8-12/h3-10,23H,11H2,1-2H3,(H,19,25). The Bertz CT molecular complexity index is 932. The summed E-state index contributed by atoms with van der Waals surface area (Å²) in [5.41, 5.74) is 2.34. The highest BCUT2D eigenvalue weighted by Gasteiger charge is 2.13. The average Bonchev–Trinajstić information content (AvgIpc) is 2.89. The Morgan fingerprint density at radius 3 is 2.64 bits per heavy atom. The van der Waals surface area contributed by atoms with E-state index in [1.807, 2.05) is 48.5 Å². The average molecular weight is 354 g/mol. The number of azo groups is 1. The lowest BCUT2D eigenvalue weighted by Crippen LogP contribution is -2.18. The molecule has 1 aromatic heterocycles. The number of nitrogens with one attached hydrogen (secondary N) is 1. The van der Waals surface area contributed by atoms with E-state index in [9.17, 15) is 5.11 Å². The van der Waals surface area contributed by atoms with Crippen LogP contribution in [0.25, 0.3) is 10.9 Å². The highest BCUT2D eigenvalue weighted by Crippen LogP contribution is 2.37. The molecule has 2 N–H and O–H groups in total. The normalized spacial score (nSPS) is 11.1. The molecule has 0 fully saturated rings. The third-order valence-electron chi connectivity index (χ3n) is 3.89. The molecule has 0 spiro atoms. The number of thiocarbonyl (C=S) groups is 1. The van der Waals surface area contributed by atoms with Crippen molar-refractivity contribution in [2.75, 3.05) is 7.11 Å². The molecule has 0 amide bonds. The number of aromatic hydroxyl groups is 1. The molecule has 0 aliphatic heterocycles. The minimum absolute atomic E-state index is 0.0582. The lowest BCUT2D eigenvalue weighted by Gasteiger charge is -2.04. The lowest BCUT2D eigenvalue weighted by atomic mass is 10.2. The fourth-order valence-corrected chi connectivity index (χ4v) is 2.62. The molecule has 0 atom stereocenters. The maximum Gasteiger partial charge on any atom is 0.220 e. The number of fused-ring (bicyclic) bond motifs is 1. The van der Waals surface area contributed by atoms with E-state index in [1.165, 1.54) is 0 Å². The van der Waals surface area contributed by atoms with E-state index in [0.717, 1.165) is 22.2 Å². The first-order chi connectivity index (χ1) is 12.1. The summed E-state index contributed by atoms with van der Waals surface area (Å²) in [6, 6.07) is 15.3. The zero-order valence-electron chi connectivity index (χ0n) is 13.9. The van der Waals surface area contributed by atoms with Crippen LogP contribution in [0.4, 0.5) is 5.69 Å². The van der Waals surface area contributed by atoms with Crippen molar-refractivity contribution in [3.8, 4) is 11.6 Å². The van der Waals surface area contributed by atoms with Gasteiger partial charge in [-0.15, -0.1) is 10.2 Å². The predicted octanol–water partition coefficient (Wildman–Crippen LogP) is 4.05. The van der Waals surface area contributed by atoms with E-state index in [2.05, 4.69) is 15.5 Å². The van der Waals surface area contributed by atoms with Crippen LogP contribution in [0.3, 0.4) is 0 Å². The zero-order chi connectivity index (χ0) is 17.8. The highest BCUT2D eigenvalue weighted by molar-refractivity contribution is 7.80. The number of aromatic nitrogens is 1. The molecule has 25 heavy (non-hydrogen) atoms. The molecular weight excluding hydrogens is 336 g/mol. The summed E-state index contributed by atoms with van der Waals surface area (Å²) in [6.45, 7) is 0.531. The SMILES string of the molecule is COc1ccc(CNC(=S)N=Nc2c(O)n(C)c3ccccc23)cc1. The van der Waals surface area contributed by atoms with Crippen molar-refractivity contribution in [1.82, 2.24) is 9.88 Å². The number of benzene rings is 2. The number of nitrogens with zero attached hydrogens (tertiary/aromatic N) is 3. The first-order valence-electron chi connectivity index (χ1n) is 7.69. The van der Waals surface area contributed by atoms with Gasteiger partial charge in [0.25, 0.3) is 0 Å². The van der Waals surface area contributed by atoms with E-state index in [1.54, 1.807) is 18.7 Å². The molecule has 2 aromatic carbocycles. The lowest BCUT2D eigenvalue weighted by molar-refractivity contribution is 0.414. The van der Waals surface area contributed by atoms with Crippen LogP contribution in [0.2, 0.25) is 0 Å². The van der Waals surface area contributed by atoms with Gasteiger partial charge in [-0.3, -0.25) is 0 Å². The molecule has 1 heterocycles. The summed E-state index contributed by atoms with van der Waals surface area (Å²) >= 11 is 5.19. The van der Waals surface area contributed by atoms with Crippen LogP contribution >= 0.6 is 12.2 Å². The van der Waals surface area contributed by atoms with Gasteiger partial charge in [0.1, 0.15) is 5.75 Å². The molecule has 0 aliphatic rings. The summed E-state index contributed by atoms with van der Waals surface area (Å²) in [5, 5.41) is 22.5. The monoisotopic (exact) mass is 354 g/mol. The number of aryl methyl sites for hydroxylation is 1. The number of hydrogen-bond donors (Lipinski definition) is 2. The van der Waals surface area contributed by atoms with Gasteiger partial charge in [0, 0.05) is 19.0 Å². The molecule has 3 aromatic rings. The van der Waals surface area contributed by atoms with Crippen molar-refractivity contribution in [1.29, 1.82) is 0 Å². The molecule has 0 radical (unpaired) electrons. The third-order valence-corrected chi connectivity index (χ3v) is 4.12. The van der Waals surface area contributed by atoms with Gasteiger partial charge in [0.2, 0.25) is 11.0 Å². The number of ether oxygens (including phenoxy) is 1. The highest BCUT2D eigenvalue weighted by atomic mass is 32.1. The van der Waals surface area contributed by atoms with E-state index in [0.29, 0.717) is 12.2 Å². The second-order valence-electron chi connectivity index (χ2n) is 5.46. The van der Waals surface area contributed by atoms with Gasteiger partial charge in [-0.1, -0.05) is 30.3 Å². The van der Waals surface area contributed by atoms with Crippen LogP contribution < -0.4 is 10.1 Å². The molecule has 6 nitrogen and oxygen atoms in total. The van der Waals surface area contributed by atoms with Gasteiger partial charge in [-0.05, 0) is 36.0 Å². The smallest absolute Gasteiger partial charge is 0.220 e. The van der Waals surface area contributed by atoms with Crippen LogP contribution in [0.5, 0.6) is 11.6 Å². The van der Waals surface area contributed by atoms with Crippen molar-refractivity contribution < 1.29 is 9.84 Å². The quantitative estimate of drug-likeness (QED) is 0.548. The molecule has 3 rings (SSSR count). The van der Waals surface area contributed by atoms with Gasteiger partial charge < -0.3 is 19.7 Å². The fraction of sp³-hybridized carbons (Fsp3) is 0.167. The van der Waals surface area contributed by atoms with Crippen LogP contribution in [-0.2, 0) is 13.6 Å². The Morgan fingerprint density at radius 1 is 1.20 bits per heavy atom. The molecular formula is C18H18N4O2S. The van der Waals surface area contributed by atoms with E-state index >= 15 is 0 Å². The first kappa shape index (κ1) is 16.9. The third kappa shape index (κ3) is 3.61. The van der Waals surface area contributed by atoms with E-state index in [-0.39, 0.29) is 11.0 Å². The second-order valence-corrected chi connectivity index (χ2v) is 5.84. The molecule has 0 aliphatic carbocycles. The number of methoxy groups -OCH3 is 1. The van der Waals surface area contributed by atoms with Crippen molar-refractivity contribution in [3.63, 3.8) is 0 Å². The Kier molecular flexibility index (Phi) is 4.95. The molecule has 0 unspecified atom stereocenters. The Labute approximate surface area is 150 Å². The topological polar surface area (TPSA) is 71.1 Å². The van der Waals surface area contributed by atoms with Gasteiger partial charge in [0.15, 0.2) is 5.69 Å². The van der Waals surface area contributed by atoms with Crippen LogP contribution in [0.15, 0.2) is 58.8 Å². The molecule has 0 bridgehead atoms. The maximum absolute atomic E-state index is 10.2. The van der Waals surface area contributed by atoms with Crippen molar-refractivity contribution in [2.24, 2.45) is 17.3 Å². The van der Waals surface area contributed by atoms with Crippen molar-refractivity contribution in [2.45, 2.75) is 6.54 Å². The maximum atomic E-state index is 10.2. The van der Waals surface area contributed by atoms with Gasteiger partial charge in [0.05, 0.1) is 12.6 Å². The number of para-hydroxylation sites is 1.